The first-order valence-electron chi connectivity index (χ1n) is 8.10. The van der Waals surface area contributed by atoms with Crippen molar-refractivity contribution in [3.8, 4) is 0 Å². The van der Waals surface area contributed by atoms with E-state index in [4.69, 9.17) is 0 Å². The number of halogens is 2. The topological polar surface area (TPSA) is 15.3 Å². The first-order valence-corrected chi connectivity index (χ1v) is 9.69. The molecular formula is C17H24Br2N2. The van der Waals surface area contributed by atoms with Crippen LogP contribution in [0.4, 0.5) is 5.69 Å². The van der Waals surface area contributed by atoms with Crippen molar-refractivity contribution in [3.05, 3.63) is 27.1 Å². The third-order valence-electron chi connectivity index (χ3n) is 5.04. The second-order valence-electron chi connectivity index (χ2n) is 6.51. The number of hydrogen-bond donors (Lipinski definition) is 1. The van der Waals surface area contributed by atoms with Crippen molar-refractivity contribution in [2.24, 2.45) is 5.92 Å². The van der Waals surface area contributed by atoms with E-state index in [-0.39, 0.29) is 0 Å². The summed E-state index contributed by atoms with van der Waals surface area (Å²) in [5, 5.41) is 3.80. The number of benzene rings is 1. The lowest BCUT2D eigenvalue weighted by atomic mass is 9.82. The van der Waals surface area contributed by atoms with E-state index in [2.05, 4.69) is 67.2 Å². The maximum absolute atomic E-state index is 3.80. The van der Waals surface area contributed by atoms with Gasteiger partial charge in [-0.25, -0.2) is 0 Å². The van der Waals surface area contributed by atoms with Crippen LogP contribution in [0.15, 0.2) is 27.1 Å². The van der Waals surface area contributed by atoms with Crippen molar-refractivity contribution in [3.63, 3.8) is 0 Å². The minimum absolute atomic E-state index is 0.537. The molecule has 0 amide bonds. The standard InChI is InChI=1S/C17H24Br2N2/c1-12-10-20-16(13-5-3-2-4-6-13)11-21(12)17-9-14(18)7-8-15(17)19/h7-9,12-13,16,20H,2-6,10-11H2,1H3. The van der Waals surface area contributed by atoms with Gasteiger partial charge in [0.1, 0.15) is 0 Å². The predicted molar refractivity (Wildman–Crippen MR) is 97.0 cm³/mol. The summed E-state index contributed by atoms with van der Waals surface area (Å²) < 4.78 is 2.35. The number of rotatable bonds is 2. The molecule has 3 rings (SSSR count). The number of nitrogens with one attached hydrogen (secondary N) is 1. The van der Waals surface area contributed by atoms with Crippen molar-refractivity contribution in [1.82, 2.24) is 5.32 Å². The van der Waals surface area contributed by atoms with Gasteiger partial charge in [-0.3, -0.25) is 0 Å². The molecule has 2 aliphatic rings. The van der Waals surface area contributed by atoms with Gasteiger partial charge in [-0.05, 0) is 59.8 Å². The van der Waals surface area contributed by atoms with Crippen molar-refractivity contribution in [1.29, 1.82) is 0 Å². The summed E-state index contributed by atoms with van der Waals surface area (Å²) in [4.78, 5) is 2.57. The second-order valence-corrected chi connectivity index (χ2v) is 8.28. The summed E-state index contributed by atoms with van der Waals surface area (Å²) in [7, 11) is 0. The molecule has 2 fully saturated rings. The Kier molecular flexibility index (Phi) is 5.28. The first-order chi connectivity index (χ1) is 10.1. The van der Waals surface area contributed by atoms with Gasteiger partial charge in [0.25, 0.3) is 0 Å². The van der Waals surface area contributed by atoms with Crippen molar-refractivity contribution in [2.75, 3.05) is 18.0 Å². The van der Waals surface area contributed by atoms with Crippen LogP contribution in [0.5, 0.6) is 0 Å². The molecule has 1 aromatic rings. The zero-order valence-electron chi connectivity index (χ0n) is 12.6. The fourth-order valence-electron chi connectivity index (χ4n) is 3.78. The summed E-state index contributed by atoms with van der Waals surface area (Å²) in [5.41, 5.74) is 1.32. The van der Waals surface area contributed by atoms with Gasteiger partial charge >= 0.3 is 0 Å². The molecule has 2 atom stereocenters. The minimum atomic E-state index is 0.537. The Balaban J connectivity index is 1.78. The highest BCUT2D eigenvalue weighted by Gasteiger charge is 2.31. The lowest BCUT2D eigenvalue weighted by Gasteiger charge is -2.44. The number of anilines is 1. The molecule has 0 bridgehead atoms. The summed E-state index contributed by atoms with van der Waals surface area (Å²) in [6.07, 6.45) is 7.07. The maximum Gasteiger partial charge on any atom is 0.0525 e. The Morgan fingerprint density at radius 1 is 1.14 bits per heavy atom. The Bertz CT molecular complexity index is 486. The highest BCUT2D eigenvalue weighted by atomic mass is 79.9. The average molecular weight is 416 g/mol. The van der Waals surface area contributed by atoms with Gasteiger partial charge in [-0.15, -0.1) is 0 Å². The lowest BCUT2D eigenvalue weighted by Crippen LogP contribution is -2.58. The summed E-state index contributed by atoms with van der Waals surface area (Å²) >= 11 is 7.34. The van der Waals surface area contributed by atoms with E-state index >= 15 is 0 Å². The predicted octanol–water partition coefficient (Wildman–Crippen LogP) is 4.96. The van der Waals surface area contributed by atoms with Gasteiger partial charge in [0.2, 0.25) is 0 Å². The molecule has 1 aliphatic heterocycles. The van der Waals surface area contributed by atoms with E-state index in [9.17, 15) is 0 Å². The monoisotopic (exact) mass is 414 g/mol. The fourth-order valence-corrected chi connectivity index (χ4v) is 4.61. The smallest absolute Gasteiger partial charge is 0.0525 e. The Labute approximate surface area is 144 Å². The molecular weight excluding hydrogens is 392 g/mol. The Morgan fingerprint density at radius 2 is 1.90 bits per heavy atom. The Morgan fingerprint density at radius 3 is 2.67 bits per heavy atom. The van der Waals surface area contributed by atoms with Gasteiger partial charge < -0.3 is 10.2 Å². The molecule has 2 nitrogen and oxygen atoms in total. The average Bonchev–Trinajstić information content (AvgIpc) is 2.51. The summed E-state index contributed by atoms with van der Waals surface area (Å²) in [5.74, 6) is 0.861. The van der Waals surface area contributed by atoms with Crippen LogP contribution in [0.3, 0.4) is 0 Å². The molecule has 4 heteroatoms. The number of nitrogens with zero attached hydrogens (tertiary/aromatic N) is 1. The van der Waals surface area contributed by atoms with Crippen LogP contribution in [0.25, 0.3) is 0 Å². The van der Waals surface area contributed by atoms with Gasteiger partial charge in [-0.1, -0.05) is 35.2 Å². The summed E-state index contributed by atoms with van der Waals surface area (Å²) in [6, 6.07) is 7.66. The van der Waals surface area contributed by atoms with Crippen molar-refractivity contribution >= 4 is 37.5 Å². The SMILES string of the molecule is CC1CNC(C2CCCCC2)CN1c1cc(Br)ccc1Br. The first kappa shape index (κ1) is 15.8. The zero-order chi connectivity index (χ0) is 14.8. The molecule has 0 radical (unpaired) electrons. The molecule has 1 aliphatic carbocycles. The zero-order valence-corrected chi connectivity index (χ0v) is 15.8. The molecule has 21 heavy (non-hydrogen) atoms. The third-order valence-corrected chi connectivity index (χ3v) is 6.20. The molecule has 1 aromatic carbocycles. The van der Waals surface area contributed by atoms with Crippen LogP contribution in [0, 0.1) is 5.92 Å². The molecule has 116 valence electrons. The van der Waals surface area contributed by atoms with Crippen LogP contribution < -0.4 is 10.2 Å². The van der Waals surface area contributed by atoms with Gasteiger partial charge in [0, 0.05) is 34.1 Å². The minimum Gasteiger partial charge on any atom is -0.365 e. The Hall–Kier alpha value is -0.0600. The van der Waals surface area contributed by atoms with Crippen LogP contribution in [-0.4, -0.2) is 25.2 Å². The number of piperazine rings is 1. The van der Waals surface area contributed by atoms with Crippen molar-refractivity contribution < 1.29 is 0 Å². The fraction of sp³-hybridized carbons (Fsp3) is 0.647. The van der Waals surface area contributed by atoms with Crippen molar-refractivity contribution in [2.45, 2.75) is 51.1 Å². The van der Waals surface area contributed by atoms with E-state index in [1.54, 1.807) is 0 Å². The normalized spacial score (nSPS) is 27.9. The molecule has 2 unspecified atom stereocenters. The third kappa shape index (κ3) is 3.65. The van der Waals surface area contributed by atoms with E-state index in [1.807, 2.05) is 0 Å². The molecule has 0 aromatic heterocycles. The van der Waals surface area contributed by atoms with Crippen LogP contribution in [-0.2, 0) is 0 Å². The molecule has 1 heterocycles. The second kappa shape index (κ2) is 7.01. The van der Waals surface area contributed by atoms with Gasteiger partial charge in [0.15, 0.2) is 0 Å². The van der Waals surface area contributed by atoms with E-state index in [1.165, 1.54) is 42.3 Å². The quantitative estimate of drug-likeness (QED) is 0.734. The maximum atomic E-state index is 3.80. The molecule has 1 saturated heterocycles. The van der Waals surface area contributed by atoms with E-state index in [0.717, 1.165) is 23.5 Å². The van der Waals surface area contributed by atoms with E-state index < -0.39 is 0 Å². The van der Waals surface area contributed by atoms with E-state index in [0.29, 0.717) is 12.1 Å². The molecule has 1 N–H and O–H groups in total. The lowest BCUT2D eigenvalue weighted by molar-refractivity contribution is 0.245. The molecule has 1 saturated carbocycles. The van der Waals surface area contributed by atoms with Crippen LogP contribution in [0.1, 0.15) is 39.0 Å². The van der Waals surface area contributed by atoms with Gasteiger partial charge in [-0.2, -0.15) is 0 Å². The van der Waals surface area contributed by atoms with Crippen LogP contribution >= 0.6 is 31.9 Å². The highest BCUT2D eigenvalue weighted by Crippen LogP contribution is 2.34. The largest absolute Gasteiger partial charge is 0.365 e. The molecule has 0 spiro atoms. The highest BCUT2D eigenvalue weighted by molar-refractivity contribution is 9.11. The summed E-state index contributed by atoms with van der Waals surface area (Å²) in [6.45, 7) is 4.53. The van der Waals surface area contributed by atoms with Crippen LogP contribution in [0.2, 0.25) is 0 Å². The van der Waals surface area contributed by atoms with Gasteiger partial charge in [0.05, 0.1) is 5.69 Å². The number of hydrogen-bond acceptors (Lipinski definition) is 2.